The molecular weight excluding hydrogens is 386 g/mol. The van der Waals surface area contributed by atoms with Gasteiger partial charge in [0.15, 0.2) is 11.5 Å². The van der Waals surface area contributed by atoms with Crippen molar-refractivity contribution in [2.45, 2.75) is 30.9 Å². The minimum atomic E-state index is -4.01. The molecule has 1 aromatic carbocycles. The summed E-state index contributed by atoms with van der Waals surface area (Å²) in [6.07, 6.45) is 3.89. The third kappa shape index (κ3) is 3.96. The predicted molar refractivity (Wildman–Crippen MR) is 97.8 cm³/mol. The highest BCUT2D eigenvalue weighted by atomic mass is 32.2. The van der Waals surface area contributed by atoms with Crippen LogP contribution in [0.4, 0.5) is 0 Å². The van der Waals surface area contributed by atoms with Gasteiger partial charge in [-0.1, -0.05) is 17.9 Å². The van der Waals surface area contributed by atoms with E-state index in [9.17, 15) is 13.2 Å². The molecule has 1 saturated heterocycles. The lowest BCUT2D eigenvalue weighted by Crippen LogP contribution is -2.36. The maximum atomic E-state index is 12.6. The van der Waals surface area contributed by atoms with E-state index in [-0.39, 0.29) is 5.89 Å². The Hall–Kier alpha value is -2.62. The van der Waals surface area contributed by atoms with E-state index in [4.69, 9.17) is 13.9 Å². The molecule has 10 heteroatoms. The Morgan fingerprint density at radius 3 is 2.46 bits per heavy atom. The Morgan fingerprint density at radius 2 is 1.71 bits per heavy atom. The molecule has 2 aliphatic heterocycles. The third-order valence-corrected chi connectivity index (χ3v) is 6.06. The first-order valence-corrected chi connectivity index (χ1v) is 10.9. The fraction of sp³-hybridized carbons (Fsp3) is 0.500. The second kappa shape index (κ2) is 7.78. The Bertz CT molecular complexity index is 963. The van der Waals surface area contributed by atoms with Crippen molar-refractivity contribution in [3.63, 3.8) is 0 Å². The van der Waals surface area contributed by atoms with Crippen molar-refractivity contribution >= 4 is 15.7 Å². The molecule has 1 amide bonds. The molecule has 0 aliphatic carbocycles. The van der Waals surface area contributed by atoms with Gasteiger partial charge in [0, 0.05) is 18.7 Å². The topological polar surface area (TPSA) is 112 Å². The predicted octanol–water partition coefficient (Wildman–Crippen LogP) is 1.68. The van der Waals surface area contributed by atoms with Crippen molar-refractivity contribution in [1.29, 1.82) is 0 Å². The first-order valence-electron chi connectivity index (χ1n) is 9.27. The molecule has 2 aliphatic rings. The number of nitrogens with zero attached hydrogens (tertiary/aromatic N) is 3. The summed E-state index contributed by atoms with van der Waals surface area (Å²) >= 11 is 0. The molecule has 0 bridgehead atoms. The largest absolute Gasteiger partial charge is 0.486 e. The number of amides is 1. The molecule has 28 heavy (non-hydrogen) atoms. The highest BCUT2D eigenvalue weighted by Crippen LogP contribution is 2.34. The summed E-state index contributed by atoms with van der Waals surface area (Å²) in [5.74, 6) is 0.0716. The van der Waals surface area contributed by atoms with E-state index < -0.39 is 26.7 Å². The molecule has 0 spiro atoms. The van der Waals surface area contributed by atoms with E-state index in [1.807, 2.05) is 0 Å². The van der Waals surface area contributed by atoms with E-state index in [2.05, 4.69) is 10.2 Å². The standard InChI is InChI=1S/C18H21N3O6S/c22-16(21-7-3-1-2-4-8-21)12-28(23,24)18-20-19-17(27-18)13-5-6-14-15(11-13)26-10-9-25-14/h5-6,11H,1-4,7-10,12H2. The second-order valence-corrected chi connectivity index (χ2v) is 8.65. The Labute approximate surface area is 162 Å². The van der Waals surface area contributed by atoms with Gasteiger partial charge in [-0.25, -0.2) is 8.42 Å². The first kappa shape index (κ1) is 18.7. The fourth-order valence-corrected chi connectivity index (χ4v) is 4.27. The van der Waals surface area contributed by atoms with Gasteiger partial charge in [-0.3, -0.25) is 4.79 Å². The van der Waals surface area contributed by atoms with Crippen LogP contribution in [0.25, 0.3) is 11.5 Å². The number of rotatable bonds is 4. The molecule has 0 atom stereocenters. The average molecular weight is 407 g/mol. The summed E-state index contributed by atoms with van der Waals surface area (Å²) in [5.41, 5.74) is 0.511. The Kier molecular flexibility index (Phi) is 5.21. The number of carbonyl (C=O) groups is 1. The van der Waals surface area contributed by atoms with Crippen LogP contribution in [-0.2, 0) is 14.6 Å². The van der Waals surface area contributed by atoms with Gasteiger partial charge in [-0.2, -0.15) is 0 Å². The zero-order valence-corrected chi connectivity index (χ0v) is 16.1. The lowest BCUT2D eigenvalue weighted by molar-refractivity contribution is -0.128. The van der Waals surface area contributed by atoms with Crippen LogP contribution < -0.4 is 9.47 Å². The molecule has 0 radical (unpaired) electrons. The van der Waals surface area contributed by atoms with Crippen molar-refractivity contribution in [1.82, 2.24) is 15.1 Å². The summed E-state index contributed by atoms with van der Waals surface area (Å²) in [7, 11) is -4.01. The lowest BCUT2D eigenvalue weighted by atomic mass is 10.2. The maximum absolute atomic E-state index is 12.6. The van der Waals surface area contributed by atoms with Crippen LogP contribution in [-0.4, -0.2) is 61.5 Å². The number of ether oxygens (including phenoxy) is 2. The smallest absolute Gasteiger partial charge is 0.336 e. The Balaban J connectivity index is 1.50. The SMILES string of the molecule is O=C(CS(=O)(=O)c1nnc(-c2ccc3c(c2)OCCO3)o1)N1CCCCCC1. The van der Waals surface area contributed by atoms with E-state index in [0.717, 1.165) is 25.7 Å². The molecule has 0 N–H and O–H groups in total. The Morgan fingerprint density at radius 1 is 1.00 bits per heavy atom. The number of aromatic nitrogens is 2. The van der Waals surface area contributed by atoms with E-state index in [0.29, 0.717) is 43.4 Å². The quantitative estimate of drug-likeness (QED) is 0.753. The normalized spacial score (nSPS) is 17.2. The molecule has 1 fully saturated rings. The molecule has 3 heterocycles. The van der Waals surface area contributed by atoms with Gasteiger partial charge in [-0.05, 0) is 31.0 Å². The molecular formula is C18H21N3O6S. The van der Waals surface area contributed by atoms with Crippen LogP contribution in [0.15, 0.2) is 27.8 Å². The second-order valence-electron chi connectivity index (χ2n) is 6.79. The number of likely N-dealkylation sites (tertiary alicyclic amines) is 1. The minimum Gasteiger partial charge on any atom is -0.486 e. The highest BCUT2D eigenvalue weighted by Gasteiger charge is 2.29. The number of carbonyl (C=O) groups excluding carboxylic acids is 1. The zero-order chi connectivity index (χ0) is 19.6. The molecule has 2 aromatic rings. The summed E-state index contributed by atoms with van der Waals surface area (Å²) < 4.78 is 41.4. The van der Waals surface area contributed by atoms with Gasteiger partial charge in [0.1, 0.15) is 19.0 Å². The van der Waals surface area contributed by atoms with Crippen LogP contribution in [0.2, 0.25) is 0 Å². The molecule has 0 unspecified atom stereocenters. The number of hydrogen-bond acceptors (Lipinski definition) is 8. The fourth-order valence-electron chi connectivity index (χ4n) is 3.26. The third-order valence-electron chi connectivity index (χ3n) is 4.73. The molecule has 9 nitrogen and oxygen atoms in total. The first-order chi connectivity index (χ1) is 13.5. The number of benzene rings is 1. The van der Waals surface area contributed by atoms with Crippen LogP contribution in [0.1, 0.15) is 25.7 Å². The van der Waals surface area contributed by atoms with Gasteiger partial charge in [-0.15, -0.1) is 5.10 Å². The molecule has 4 rings (SSSR count). The van der Waals surface area contributed by atoms with Gasteiger partial charge < -0.3 is 18.8 Å². The van der Waals surface area contributed by atoms with Gasteiger partial charge in [0.25, 0.3) is 0 Å². The molecule has 0 saturated carbocycles. The van der Waals surface area contributed by atoms with Crippen LogP contribution in [0.5, 0.6) is 11.5 Å². The number of sulfone groups is 1. The van der Waals surface area contributed by atoms with Crippen molar-refractivity contribution in [2.24, 2.45) is 0 Å². The van der Waals surface area contributed by atoms with E-state index in [1.54, 1.807) is 23.1 Å². The van der Waals surface area contributed by atoms with E-state index in [1.165, 1.54) is 0 Å². The van der Waals surface area contributed by atoms with Crippen LogP contribution in [0.3, 0.4) is 0 Å². The van der Waals surface area contributed by atoms with Crippen molar-refractivity contribution in [3.8, 4) is 23.0 Å². The maximum Gasteiger partial charge on any atom is 0.336 e. The van der Waals surface area contributed by atoms with E-state index >= 15 is 0 Å². The number of hydrogen-bond donors (Lipinski definition) is 0. The molecule has 1 aromatic heterocycles. The summed E-state index contributed by atoms with van der Waals surface area (Å²) in [4.78, 5) is 14.0. The average Bonchev–Trinajstić information content (AvgIpc) is 3.04. The van der Waals surface area contributed by atoms with Crippen molar-refractivity contribution in [3.05, 3.63) is 18.2 Å². The monoisotopic (exact) mass is 407 g/mol. The van der Waals surface area contributed by atoms with Crippen molar-refractivity contribution < 1.29 is 27.1 Å². The highest BCUT2D eigenvalue weighted by molar-refractivity contribution is 7.91. The van der Waals surface area contributed by atoms with Crippen LogP contribution >= 0.6 is 0 Å². The molecule has 150 valence electrons. The minimum absolute atomic E-state index is 0.0396. The lowest BCUT2D eigenvalue weighted by Gasteiger charge is -2.19. The zero-order valence-electron chi connectivity index (χ0n) is 15.3. The van der Waals surface area contributed by atoms with Gasteiger partial charge >= 0.3 is 5.22 Å². The summed E-state index contributed by atoms with van der Waals surface area (Å²) in [6, 6.07) is 5.03. The van der Waals surface area contributed by atoms with Crippen LogP contribution in [0, 0.1) is 0 Å². The summed E-state index contributed by atoms with van der Waals surface area (Å²) in [5, 5.41) is 6.91. The van der Waals surface area contributed by atoms with Gasteiger partial charge in [0.2, 0.25) is 21.6 Å². The van der Waals surface area contributed by atoms with Crippen molar-refractivity contribution in [2.75, 3.05) is 32.1 Å². The number of fused-ring (bicyclic) bond motifs is 1. The van der Waals surface area contributed by atoms with Gasteiger partial charge in [0.05, 0.1) is 0 Å². The summed E-state index contributed by atoms with van der Waals surface area (Å²) in [6.45, 7) is 2.07.